The number of carbonyl (C=O) groups is 1. The van der Waals surface area contributed by atoms with Crippen LogP contribution in [0.15, 0.2) is 23.1 Å². The van der Waals surface area contributed by atoms with Crippen molar-refractivity contribution >= 4 is 39.5 Å². The first-order chi connectivity index (χ1) is 7.34. The third-order valence-electron chi connectivity index (χ3n) is 1.79. The fourth-order valence-electron chi connectivity index (χ4n) is 0.904. The van der Waals surface area contributed by atoms with E-state index in [1.54, 1.807) is 19.9 Å². The van der Waals surface area contributed by atoms with E-state index in [4.69, 9.17) is 11.0 Å². The topological polar surface area (TPSA) is 66.9 Å². The molecule has 0 aliphatic heterocycles. The summed E-state index contributed by atoms with van der Waals surface area (Å²) in [6.45, 7) is 3.31. The van der Waals surface area contributed by atoms with E-state index in [2.05, 4.69) is 28.7 Å². The van der Waals surface area contributed by atoms with E-state index >= 15 is 0 Å². The largest absolute Gasteiger partial charge is 0.319 e. The average Bonchev–Trinajstić information content (AvgIpc) is 2.16. The van der Waals surface area contributed by atoms with Crippen LogP contribution in [0.4, 0.5) is 0 Å². The molecule has 16 heavy (non-hydrogen) atoms. The normalized spacial score (nSPS) is 10.9. The SMILES string of the molecule is CC(C)(N)C(=O)Sc1cc(I)ccc1C#N. The van der Waals surface area contributed by atoms with Crippen molar-refractivity contribution in [2.75, 3.05) is 0 Å². The summed E-state index contributed by atoms with van der Waals surface area (Å²) in [4.78, 5) is 12.4. The molecule has 84 valence electrons. The first kappa shape index (κ1) is 13.5. The minimum Gasteiger partial charge on any atom is -0.319 e. The molecule has 0 unspecified atom stereocenters. The van der Waals surface area contributed by atoms with Crippen molar-refractivity contribution in [2.24, 2.45) is 5.73 Å². The van der Waals surface area contributed by atoms with Gasteiger partial charge in [0, 0.05) is 8.47 Å². The number of nitriles is 1. The highest BCUT2D eigenvalue weighted by Crippen LogP contribution is 2.27. The van der Waals surface area contributed by atoms with Gasteiger partial charge >= 0.3 is 0 Å². The van der Waals surface area contributed by atoms with Crippen LogP contribution < -0.4 is 5.73 Å². The average molecular weight is 346 g/mol. The van der Waals surface area contributed by atoms with Crippen LogP contribution in [0.3, 0.4) is 0 Å². The number of hydrogen-bond acceptors (Lipinski definition) is 4. The third kappa shape index (κ3) is 3.47. The molecule has 5 heteroatoms. The van der Waals surface area contributed by atoms with Crippen molar-refractivity contribution in [1.82, 2.24) is 0 Å². The molecule has 0 saturated carbocycles. The number of hydrogen-bond donors (Lipinski definition) is 1. The van der Waals surface area contributed by atoms with Crippen LogP contribution in [-0.4, -0.2) is 10.7 Å². The number of benzene rings is 1. The summed E-state index contributed by atoms with van der Waals surface area (Å²) in [6, 6.07) is 7.42. The zero-order chi connectivity index (χ0) is 12.3. The Labute approximate surface area is 113 Å². The van der Waals surface area contributed by atoms with Crippen molar-refractivity contribution in [3.63, 3.8) is 0 Å². The van der Waals surface area contributed by atoms with E-state index in [-0.39, 0.29) is 5.12 Å². The molecule has 1 aromatic rings. The molecule has 0 amide bonds. The summed E-state index contributed by atoms with van der Waals surface area (Å²) in [5, 5.41) is 8.77. The van der Waals surface area contributed by atoms with Crippen molar-refractivity contribution in [1.29, 1.82) is 5.26 Å². The molecule has 2 N–H and O–H groups in total. The lowest BCUT2D eigenvalue weighted by atomic mass is 10.1. The summed E-state index contributed by atoms with van der Waals surface area (Å²) in [5.74, 6) is 0. The monoisotopic (exact) mass is 346 g/mol. The highest BCUT2D eigenvalue weighted by atomic mass is 127. The zero-order valence-corrected chi connectivity index (χ0v) is 11.9. The second-order valence-corrected chi connectivity index (χ2v) is 6.12. The Bertz CT molecular complexity index is 460. The second-order valence-electron chi connectivity index (χ2n) is 3.86. The van der Waals surface area contributed by atoms with Crippen LogP contribution in [-0.2, 0) is 4.79 Å². The lowest BCUT2D eigenvalue weighted by Gasteiger charge is -2.16. The van der Waals surface area contributed by atoms with Gasteiger partial charge in [-0.05, 0) is 66.4 Å². The van der Waals surface area contributed by atoms with Crippen molar-refractivity contribution < 1.29 is 4.79 Å². The number of nitrogens with zero attached hydrogens (tertiary/aromatic N) is 1. The minimum atomic E-state index is -0.890. The predicted octanol–water partition coefficient (Wildman–Crippen LogP) is 2.52. The molecule has 0 aliphatic rings. The Balaban J connectivity index is 3.02. The molecule has 0 heterocycles. The van der Waals surface area contributed by atoms with Gasteiger partial charge in [-0.1, -0.05) is 0 Å². The van der Waals surface area contributed by atoms with E-state index < -0.39 is 5.54 Å². The molecule has 1 aromatic carbocycles. The van der Waals surface area contributed by atoms with Gasteiger partial charge in [0.1, 0.15) is 6.07 Å². The zero-order valence-electron chi connectivity index (χ0n) is 8.95. The first-order valence-electron chi connectivity index (χ1n) is 4.55. The fourth-order valence-corrected chi connectivity index (χ4v) is 2.48. The minimum absolute atomic E-state index is 0.147. The molecule has 0 aliphatic carbocycles. The Morgan fingerprint density at radius 2 is 2.19 bits per heavy atom. The quantitative estimate of drug-likeness (QED) is 0.660. The van der Waals surface area contributed by atoms with Crippen molar-refractivity contribution in [2.45, 2.75) is 24.3 Å². The Morgan fingerprint density at radius 1 is 1.56 bits per heavy atom. The standard InChI is InChI=1S/C11H11IN2OS/c1-11(2,14)10(15)16-9-5-8(12)4-3-7(9)6-13/h3-5H,14H2,1-2H3. The molecular weight excluding hydrogens is 335 g/mol. The van der Waals surface area contributed by atoms with Gasteiger partial charge in [0.2, 0.25) is 5.12 Å². The summed E-state index contributed by atoms with van der Waals surface area (Å²) >= 11 is 3.17. The molecular formula is C11H11IN2OS. The van der Waals surface area contributed by atoms with E-state index in [0.717, 1.165) is 15.3 Å². The Morgan fingerprint density at radius 3 is 2.69 bits per heavy atom. The van der Waals surface area contributed by atoms with E-state index in [1.807, 2.05) is 12.1 Å². The smallest absolute Gasteiger partial charge is 0.212 e. The molecule has 0 aromatic heterocycles. The third-order valence-corrected chi connectivity index (χ3v) is 3.73. The number of thioether (sulfide) groups is 1. The van der Waals surface area contributed by atoms with Crippen LogP contribution in [0.25, 0.3) is 0 Å². The van der Waals surface area contributed by atoms with Crippen LogP contribution in [0, 0.1) is 14.9 Å². The number of nitrogens with two attached hydrogens (primary N) is 1. The van der Waals surface area contributed by atoms with Crippen LogP contribution >= 0.6 is 34.4 Å². The molecule has 0 fully saturated rings. The molecule has 0 radical (unpaired) electrons. The lowest BCUT2D eigenvalue weighted by molar-refractivity contribution is -0.114. The summed E-state index contributed by atoms with van der Waals surface area (Å²) in [5.41, 5.74) is 5.31. The van der Waals surface area contributed by atoms with Gasteiger partial charge in [-0.15, -0.1) is 0 Å². The van der Waals surface area contributed by atoms with Gasteiger partial charge in [0.25, 0.3) is 0 Å². The molecule has 0 saturated heterocycles. The van der Waals surface area contributed by atoms with Gasteiger partial charge in [-0.25, -0.2) is 0 Å². The first-order valence-corrected chi connectivity index (χ1v) is 6.45. The summed E-state index contributed by atoms with van der Waals surface area (Å²) < 4.78 is 0.988. The van der Waals surface area contributed by atoms with Gasteiger partial charge in [-0.3, -0.25) is 4.79 Å². The second kappa shape index (κ2) is 5.17. The Kier molecular flexibility index (Phi) is 4.35. The summed E-state index contributed by atoms with van der Waals surface area (Å²) in [6.07, 6.45) is 0. The lowest BCUT2D eigenvalue weighted by Crippen LogP contribution is -2.39. The number of carbonyl (C=O) groups excluding carboxylic acids is 1. The Hall–Kier alpha value is -0.580. The maximum absolute atomic E-state index is 11.7. The van der Waals surface area contributed by atoms with E-state index in [0.29, 0.717) is 10.5 Å². The molecule has 0 spiro atoms. The number of rotatable bonds is 2. The highest BCUT2D eigenvalue weighted by molar-refractivity contribution is 14.1. The molecule has 0 bridgehead atoms. The molecule has 3 nitrogen and oxygen atoms in total. The van der Waals surface area contributed by atoms with Gasteiger partial charge in [0.15, 0.2) is 0 Å². The van der Waals surface area contributed by atoms with Gasteiger partial charge in [-0.2, -0.15) is 5.26 Å². The van der Waals surface area contributed by atoms with E-state index in [9.17, 15) is 4.79 Å². The predicted molar refractivity (Wildman–Crippen MR) is 73.0 cm³/mol. The van der Waals surface area contributed by atoms with Crippen molar-refractivity contribution in [3.8, 4) is 6.07 Å². The van der Waals surface area contributed by atoms with Crippen LogP contribution in [0.1, 0.15) is 19.4 Å². The van der Waals surface area contributed by atoms with Gasteiger partial charge < -0.3 is 5.73 Å². The van der Waals surface area contributed by atoms with Gasteiger partial charge in [0.05, 0.1) is 11.1 Å². The summed E-state index contributed by atoms with van der Waals surface area (Å²) in [7, 11) is 0. The highest BCUT2D eigenvalue weighted by Gasteiger charge is 2.23. The number of halogens is 1. The molecule has 0 atom stereocenters. The molecule has 1 rings (SSSR count). The maximum Gasteiger partial charge on any atom is 0.212 e. The van der Waals surface area contributed by atoms with Crippen LogP contribution in [0.5, 0.6) is 0 Å². The van der Waals surface area contributed by atoms with E-state index in [1.165, 1.54) is 0 Å². The fraction of sp³-hybridized carbons (Fsp3) is 0.273. The maximum atomic E-state index is 11.7. The van der Waals surface area contributed by atoms with Crippen molar-refractivity contribution in [3.05, 3.63) is 27.3 Å². The van der Waals surface area contributed by atoms with Crippen LogP contribution in [0.2, 0.25) is 0 Å².